The maximum atomic E-state index is 12.6. The third-order valence-corrected chi connectivity index (χ3v) is 4.66. The summed E-state index contributed by atoms with van der Waals surface area (Å²) < 4.78 is 4.95. The average molecular weight is 356 g/mol. The lowest BCUT2D eigenvalue weighted by atomic mass is 10.2. The van der Waals surface area contributed by atoms with E-state index >= 15 is 0 Å². The summed E-state index contributed by atoms with van der Waals surface area (Å²) in [6, 6.07) is 10.0. The molecule has 2 aromatic rings. The van der Waals surface area contributed by atoms with Crippen molar-refractivity contribution >= 4 is 29.3 Å². The Labute approximate surface area is 150 Å². The van der Waals surface area contributed by atoms with E-state index in [1.807, 2.05) is 41.3 Å². The number of ether oxygens (including phenoxy) is 1. The van der Waals surface area contributed by atoms with Gasteiger partial charge in [0.1, 0.15) is 5.01 Å². The second-order valence-corrected chi connectivity index (χ2v) is 6.73. The molecule has 0 unspecified atom stereocenters. The molecule has 1 aromatic heterocycles. The molecule has 1 fully saturated rings. The van der Waals surface area contributed by atoms with Gasteiger partial charge in [-0.2, -0.15) is 0 Å². The second-order valence-electron chi connectivity index (χ2n) is 5.79. The molecule has 0 spiro atoms. The lowest BCUT2D eigenvalue weighted by molar-refractivity contribution is -0.127. The molecule has 0 bridgehead atoms. The number of nitrogens with zero attached hydrogens (tertiary/aromatic N) is 2. The minimum atomic E-state index is -0.418. The highest BCUT2D eigenvalue weighted by atomic mass is 32.1. The number of benzene rings is 1. The lowest BCUT2D eigenvalue weighted by Gasteiger charge is -2.19. The van der Waals surface area contributed by atoms with Gasteiger partial charge in [0.15, 0.2) is 5.69 Å². The van der Waals surface area contributed by atoms with E-state index < -0.39 is 5.97 Å². The van der Waals surface area contributed by atoms with E-state index in [0.29, 0.717) is 18.8 Å². The van der Waals surface area contributed by atoms with Gasteiger partial charge in [-0.25, -0.2) is 9.78 Å². The summed E-state index contributed by atoms with van der Waals surface area (Å²) in [6.07, 6.45) is 5.46. The normalized spacial score (nSPS) is 13.8. The second kappa shape index (κ2) is 8.07. The largest absolute Gasteiger partial charge is 0.461 e. The molecular weight excluding hydrogens is 336 g/mol. The SMILES string of the molecule is CCOC(=O)c1csc(CN(C(=O)/C=C/c2ccccc2)C2CC2)n1. The van der Waals surface area contributed by atoms with Crippen molar-refractivity contribution in [3.05, 3.63) is 58.1 Å². The predicted molar refractivity (Wildman–Crippen MR) is 97.1 cm³/mol. The smallest absolute Gasteiger partial charge is 0.357 e. The summed E-state index contributed by atoms with van der Waals surface area (Å²) in [7, 11) is 0. The molecule has 3 rings (SSSR count). The van der Waals surface area contributed by atoms with Gasteiger partial charge in [0, 0.05) is 17.5 Å². The van der Waals surface area contributed by atoms with Crippen LogP contribution in [-0.2, 0) is 16.1 Å². The van der Waals surface area contributed by atoms with E-state index in [-0.39, 0.29) is 11.9 Å². The zero-order chi connectivity index (χ0) is 17.6. The van der Waals surface area contributed by atoms with Crippen LogP contribution < -0.4 is 0 Å². The molecule has 130 valence electrons. The summed E-state index contributed by atoms with van der Waals surface area (Å²) in [5, 5.41) is 2.43. The van der Waals surface area contributed by atoms with Crippen molar-refractivity contribution in [1.82, 2.24) is 9.88 Å². The fourth-order valence-corrected chi connectivity index (χ4v) is 3.19. The van der Waals surface area contributed by atoms with Crippen LogP contribution in [0, 0.1) is 0 Å². The van der Waals surface area contributed by atoms with Gasteiger partial charge in [-0.15, -0.1) is 11.3 Å². The van der Waals surface area contributed by atoms with E-state index in [9.17, 15) is 9.59 Å². The fourth-order valence-electron chi connectivity index (χ4n) is 2.43. The van der Waals surface area contributed by atoms with Crippen LogP contribution >= 0.6 is 11.3 Å². The molecule has 5 nitrogen and oxygen atoms in total. The third kappa shape index (κ3) is 4.76. The minimum absolute atomic E-state index is 0.0285. The van der Waals surface area contributed by atoms with E-state index in [1.165, 1.54) is 11.3 Å². The third-order valence-electron chi connectivity index (χ3n) is 3.83. The van der Waals surface area contributed by atoms with Gasteiger partial charge in [0.05, 0.1) is 13.2 Å². The molecule has 1 aromatic carbocycles. The molecule has 0 atom stereocenters. The molecular formula is C19H20N2O3S. The van der Waals surface area contributed by atoms with Crippen LogP contribution in [0.1, 0.15) is 40.8 Å². The number of rotatable bonds is 7. The quantitative estimate of drug-likeness (QED) is 0.562. The number of carbonyl (C=O) groups excluding carboxylic acids is 2. The number of hydrogen-bond donors (Lipinski definition) is 0. The Morgan fingerprint density at radius 1 is 1.32 bits per heavy atom. The molecule has 1 amide bonds. The summed E-state index contributed by atoms with van der Waals surface area (Å²) >= 11 is 1.38. The van der Waals surface area contributed by atoms with Gasteiger partial charge in [-0.3, -0.25) is 4.79 Å². The van der Waals surface area contributed by atoms with Crippen LogP contribution in [0.4, 0.5) is 0 Å². The van der Waals surface area contributed by atoms with Crippen molar-refractivity contribution in [2.24, 2.45) is 0 Å². The number of amides is 1. The van der Waals surface area contributed by atoms with Gasteiger partial charge in [-0.05, 0) is 31.4 Å². The summed E-state index contributed by atoms with van der Waals surface area (Å²) in [5.41, 5.74) is 1.30. The highest BCUT2D eigenvalue weighted by molar-refractivity contribution is 7.09. The number of thiazole rings is 1. The van der Waals surface area contributed by atoms with Crippen molar-refractivity contribution < 1.29 is 14.3 Å². The predicted octanol–water partition coefficient (Wildman–Crippen LogP) is 3.52. The van der Waals surface area contributed by atoms with Crippen LogP contribution in [-0.4, -0.2) is 34.4 Å². The van der Waals surface area contributed by atoms with E-state index in [4.69, 9.17) is 4.74 Å². The lowest BCUT2D eigenvalue weighted by Crippen LogP contribution is -2.31. The molecule has 0 saturated heterocycles. The zero-order valence-corrected chi connectivity index (χ0v) is 14.9. The Morgan fingerprint density at radius 3 is 2.76 bits per heavy atom. The Kier molecular flexibility index (Phi) is 5.60. The molecule has 0 radical (unpaired) electrons. The van der Waals surface area contributed by atoms with Crippen LogP contribution in [0.2, 0.25) is 0 Å². The zero-order valence-electron chi connectivity index (χ0n) is 14.1. The standard InChI is InChI=1S/C19H20N2O3S/c1-2-24-19(23)16-13-25-17(20-16)12-21(15-9-10-15)18(22)11-8-14-6-4-3-5-7-14/h3-8,11,13,15H,2,9-10,12H2,1H3/b11-8+. The van der Waals surface area contributed by atoms with Crippen molar-refractivity contribution in [2.45, 2.75) is 32.4 Å². The Hall–Kier alpha value is -2.47. The van der Waals surface area contributed by atoms with E-state index in [2.05, 4.69) is 4.98 Å². The maximum absolute atomic E-state index is 12.6. The molecule has 0 N–H and O–H groups in total. The van der Waals surface area contributed by atoms with Crippen LogP contribution in [0.25, 0.3) is 6.08 Å². The van der Waals surface area contributed by atoms with Gasteiger partial charge >= 0.3 is 5.97 Å². The van der Waals surface area contributed by atoms with Gasteiger partial charge in [0.25, 0.3) is 0 Å². The molecule has 6 heteroatoms. The van der Waals surface area contributed by atoms with Gasteiger partial charge < -0.3 is 9.64 Å². The summed E-state index contributed by atoms with van der Waals surface area (Å²) in [4.78, 5) is 30.4. The highest BCUT2D eigenvalue weighted by Gasteiger charge is 2.32. The van der Waals surface area contributed by atoms with Crippen molar-refractivity contribution in [3.63, 3.8) is 0 Å². The Balaban J connectivity index is 1.66. The topological polar surface area (TPSA) is 59.5 Å². The number of aromatic nitrogens is 1. The van der Waals surface area contributed by atoms with Crippen LogP contribution in [0.5, 0.6) is 0 Å². The number of hydrogen-bond acceptors (Lipinski definition) is 5. The molecule has 0 aliphatic heterocycles. The molecule has 25 heavy (non-hydrogen) atoms. The van der Waals surface area contributed by atoms with Gasteiger partial charge in [-0.1, -0.05) is 30.3 Å². The monoisotopic (exact) mass is 356 g/mol. The van der Waals surface area contributed by atoms with E-state index in [1.54, 1.807) is 18.4 Å². The molecule has 1 aliphatic carbocycles. The van der Waals surface area contributed by atoms with E-state index in [0.717, 1.165) is 23.4 Å². The molecule has 1 saturated carbocycles. The molecule has 1 heterocycles. The first-order chi connectivity index (χ1) is 12.2. The van der Waals surface area contributed by atoms with Crippen molar-refractivity contribution in [2.75, 3.05) is 6.61 Å². The Bertz CT molecular complexity index is 766. The number of esters is 1. The fraction of sp³-hybridized carbons (Fsp3) is 0.316. The molecule has 1 aliphatic rings. The first kappa shape index (κ1) is 17.4. The van der Waals surface area contributed by atoms with Crippen LogP contribution in [0.15, 0.2) is 41.8 Å². The highest BCUT2D eigenvalue weighted by Crippen LogP contribution is 2.29. The number of carbonyl (C=O) groups is 2. The first-order valence-electron chi connectivity index (χ1n) is 8.32. The van der Waals surface area contributed by atoms with Crippen molar-refractivity contribution in [1.29, 1.82) is 0 Å². The van der Waals surface area contributed by atoms with Gasteiger partial charge in [0.2, 0.25) is 5.91 Å². The summed E-state index contributed by atoms with van der Waals surface area (Å²) in [6.45, 7) is 2.51. The van der Waals surface area contributed by atoms with Crippen LogP contribution in [0.3, 0.4) is 0 Å². The summed E-state index contributed by atoms with van der Waals surface area (Å²) in [5.74, 6) is -0.447. The minimum Gasteiger partial charge on any atom is -0.461 e. The maximum Gasteiger partial charge on any atom is 0.357 e. The average Bonchev–Trinajstić information content (AvgIpc) is 3.36. The van der Waals surface area contributed by atoms with Crippen molar-refractivity contribution in [3.8, 4) is 0 Å². The Morgan fingerprint density at radius 2 is 2.08 bits per heavy atom. The first-order valence-corrected chi connectivity index (χ1v) is 9.20.